The van der Waals surface area contributed by atoms with Crippen LogP contribution in [0.3, 0.4) is 0 Å². The quantitative estimate of drug-likeness (QED) is 0.816. The van der Waals surface area contributed by atoms with Gasteiger partial charge in [0.25, 0.3) is 0 Å². The van der Waals surface area contributed by atoms with Crippen LogP contribution in [0.4, 0.5) is 0 Å². The van der Waals surface area contributed by atoms with Gasteiger partial charge in [-0.2, -0.15) is 0 Å². The monoisotopic (exact) mass is 355 g/mol. The molecule has 3 aliphatic rings. The Morgan fingerprint density at radius 2 is 1.46 bits per heavy atom. The number of carbonyl (C=O) groups is 2. The van der Waals surface area contributed by atoms with Gasteiger partial charge in [0.15, 0.2) is 0 Å². The minimum atomic E-state index is 0.149. The highest BCUT2D eigenvalue weighted by molar-refractivity contribution is 5.78. The van der Waals surface area contributed by atoms with Crippen LogP contribution in [-0.4, -0.2) is 48.4 Å². The van der Waals surface area contributed by atoms with Crippen molar-refractivity contribution in [3.05, 3.63) is 35.4 Å². The van der Waals surface area contributed by atoms with Crippen LogP contribution < -0.4 is 10.6 Å². The van der Waals surface area contributed by atoms with Crippen LogP contribution in [0.25, 0.3) is 0 Å². The van der Waals surface area contributed by atoms with E-state index in [9.17, 15) is 9.59 Å². The maximum Gasteiger partial charge on any atom is 0.234 e. The molecule has 1 aromatic carbocycles. The molecular formula is C21H29N3O2. The molecule has 5 heteroatoms. The van der Waals surface area contributed by atoms with Gasteiger partial charge in [0, 0.05) is 31.6 Å². The fourth-order valence-electron chi connectivity index (χ4n) is 4.28. The van der Waals surface area contributed by atoms with Gasteiger partial charge in [0.05, 0.1) is 6.54 Å². The van der Waals surface area contributed by atoms with E-state index in [1.165, 1.54) is 11.1 Å². The van der Waals surface area contributed by atoms with Crippen molar-refractivity contribution in [2.24, 2.45) is 5.92 Å². The minimum Gasteiger partial charge on any atom is -0.353 e. The highest BCUT2D eigenvalue weighted by atomic mass is 16.2. The summed E-state index contributed by atoms with van der Waals surface area (Å²) in [5, 5.41) is 6.26. The third-order valence-electron chi connectivity index (χ3n) is 5.87. The van der Waals surface area contributed by atoms with Crippen LogP contribution >= 0.6 is 0 Å². The van der Waals surface area contributed by atoms with Crippen molar-refractivity contribution < 1.29 is 9.59 Å². The molecule has 1 aliphatic heterocycles. The predicted molar refractivity (Wildman–Crippen MR) is 101 cm³/mol. The van der Waals surface area contributed by atoms with Crippen LogP contribution in [-0.2, 0) is 22.4 Å². The lowest BCUT2D eigenvalue weighted by Crippen LogP contribution is -2.47. The van der Waals surface area contributed by atoms with Crippen molar-refractivity contribution in [3.63, 3.8) is 0 Å². The summed E-state index contributed by atoms with van der Waals surface area (Å²) in [6, 6.07) is 9.22. The Labute approximate surface area is 155 Å². The van der Waals surface area contributed by atoms with Gasteiger partial charge in [-0.25, -0.2) is 0 Å². The first-order valence-electron chi connectivity index (χ1n) is 10.0. The zero-order valence-corrected chi connectivity index (χ0v) is 15.4. The Morgan fingerprint density at radius 3 is 2.08 bits per heavy atom. The summed E-state index contributed by atoms with van der Waals surface area (Å²) in [7, 11) is 0. The number of hydrogen-bond donors (Lipinski definition) is 2. The summed E-state index contributed by atoms with van der Waals surface area (Å²) in [5.74, 6) is 0.780. The van der Waals surface area contributed by atoms with Gasteiger partial charge < -0.3 is 10.6 Å². The van der Waals surface area contributed by atoms with Crippen LogP contribution in [0, 0.1) is 5.92 Å². The maximum absolute atomic E-state index is 12.4. The molecule has 0 atom stereocenters. The van der Waals surface area contributed by atoms with Gasteiger partial charge in [-0.1, -0.05) is 24.3 Å². The van der Waals surface area contributed by atoms with Crippen molar-refractivity contribution in [3.8, 4) is 0 Å². The van der Waals surface area contributed by atoms with Crippen LogP contribution in [0.2, 0.25) is 0 Å². The number of nitrogens with one attached hydrogen (secondary N) is 2. The molecule has 5 nitrogen and oxygen atoms in total. The van der Waals surface area contributed by atoms with E-state index in [0.717, 1.165) is 51.6 Å². The van der Waals surface area contributed by atoms with Crippen LogP contribution in [0.15, 0.2) is 24.3 Å². The number of likely N-dealkylation sites (tertiary alicyclic amines) is 1. The van der Waals surface area contributed by atoms with Gasteiger partial charge in [0.2, 0.25) is 11.8 Å². The molecule has 140 valence electrons. The van der Waals surface area contributed by atoms with Crippen molar-refractivity contribution in [1.29, 1.82) is 0 Å². The highest BCUT2D eigenvalue weighted by Crippen LogP contribution is 2.28. The molecule has 0 spiro atoms. The van der Waals surface area contributed by atoms with Crippen molar-refractivity contribution in [2.75, 3.05) is 19.6 Å². The summed E-state index contributed by atoms with van der Waals surface area (Å²) < 4.78 is 0. The first-order valence-corrected chi connectivity index (χ1v) is 10.0. The largest absolute Gasteiger partial charge is 0.353 e. The fourth-order valence-corrected chi connectivity index (χ4v) is 4.28. The average Bonchev–Trinajstić information content (AvgIpc) is 3.32. The molecule has 1 saturated heterocycles. The van der Waals surface area contributed by atoms with Gasteiger partial charge in [-0.15, -0.1) is 0 Å². The van der Waals surface area contributed by atoms with Crippen LogP contribution in [0.1, 0.15) is 43.2 Å². The Kier molecular flexibility index (Phi) is 5.25. The number of piperidine rings is 1. The number of benzene rings is 1. The highest BCUT2D eigenvalue weighted by Gasteiger charge is 2.27. The number of fused-ring (bicyclic) bond motifs is 1. The van der Waals surface area contributed by atoms with E-state index < -0.39 is 0 Å². The summed E-state index contributed by atoms with van der Waals surface area (Å²) in [4.78, 5) is 26.5. The van der Waals surface area contributed by atoms with Crippen LogP contribution in [0.5, 0.6) is 0 Å². The molecule has 2 amide bonds. The molecule has 26 heavy (non-hydrogen) atoms. The third kappa shape index (κ3) is 4.64. The maximum atomic E-state index is 12.4. The van der Waals surface area contributed by atoms with Crippen molar-refractivity contribution >= 4 is 11.8 Å². The number of rotatable bonds is 6. The zero-order valence-electron chi connectivity index (χ0n) is 15.4. The molecule has 0 bridgehead atoms. The minimum absolute atomic E-state index is 0.149. The fraction of sp³-hybridized carbons (Fsp3) is 0.619. The number of amides is 2. The SMILES string of the molecule is O=C(CC1Cc2ccccc2C1)NC1CCN(CC(=O)NC2CC2)CC1. The predicted octanol–water partition coefficient (Wildman–Crippen LogP) is 1.65. The first-order chi connectivity index (χ1) is 12.7. The van der Waals surface area contributed by atoms with E-state index in [2.05, 4.69) is 39.8 Å². The topological polar surface area (TPSA) is 61.4 Å². The molecule has 0 unspecified atom stereocenters. The average molecular weight is 355 g/mol. The molecule has 1 heterocycles. The lowest BCUT2D eigenvalue weighted by atomic mass is 10.00. The summed E-state index contributed by atoms with van der Waals surface area (Å²) >= 11 is 0. The van der Waals surface area contributed by atoms with Crippen molar-refractivity contribution in [1.82, 2.24) is 15.5 Å². The smallest absolute Gasteiger partial charge is 0.234 e. The van der Waals surface area contributed by atoms with E-state index >= 15 is 0 Å². The summed E-state index contributed by atoms with van der Waals surface area (Å²) in [5.41, 5.74) is 2.81. The van der Waals surface area contributed by atoms with Gasteiger partial charge in [-0.05, 0) is 55.6 Å². The second-order valence-corrected chi connectivity index (χ2v) is 8.21. The second kappa shape index (κ2) is 7.78. The summed E-state index contributed by atoms with van der Waals surface area (Å²) in [6.07, 6.45) is 6.81. The van der Waals surface area contributed by atoms with E-state index in [1.807, 2.05) is 0 Å². The molecule has 2 N–H and O–H groups in total. The molecule has 2 aliphatic carbocycles. The van der Waals surface area contributed by atoms with Gasteiger partial charge >= 0.3 is 0 Å². The molecular weight excluding hydrogens is 326 g/mol. The van der Waals surface area contributed by atoms with E-state index in [0.29, 0.717) is 24.9 Å². The molecule has 1 saturated carbocycles. The zero-order chi connectivity index (χ0) is 17.9. The Bertz CT molecular complexity index is 638. The lowest BCUT2D eigenvalue weighted by Gasteiger charge is -2.32. The van der Waals surface area contributed by atoms with E-state index in [4.69, 9.17) is 0 Å². The Morgan fingerprint density at radius 1 is 0.885 bits per heavy atom. The van der Waals surface area contributed by atoms with Gasteiger partial charge in [-0.3, -0.25) is 14.5 Å². The second-order valence-electron chi connectivity index (χ2n) is 8.21. The first kappa shape index (κ1) is 17.5. The number of nitrogens with zero attached hydrogens (tertiary/aromatic N) is 1. The number of carbonyl (C=O) groups excluding carboxylic acids is 2. The molecule has 0 aromatic heterocycles. The summed E-state index contributed by atoms with van der Waals surface area (Å²) in [6.45, 7) is 2.27. The number of hydrogen-bond acceptors (Lipinski definition) is 3. The third-order valence-corrected chi connectivity index (χ3v) is 5.87. The molecule has 4 rings (SSSR count). The lowest BCUT2D eigenvalue weighted by molar-refractivity contribution is -0.124. The van der Waals surface area contributed by atoms with Crippen molar-refractivity contribution in [2.45, 2.75) is 57.0 Å². The van der Waals surface area contributed by atoms with Gasteiger partial charge in [0.1, 0.15) is 0 Å². The Balaban J connectivity index is 1.15. The molecule has 0 radical (unpaired) electrons. The molecule has 2 fully saturated rings. The van der Waals surface area contributed by atoms with E-state index in [-0.39, 0.29) is 17.9 Å². The normalized spacial score (nSPS) is 21.4. The molecule has 1 aromatic rings. The van der Waals surface area contributed by atoms with E-state index in [1.54, 1.807) is 0 Å². The standard InChI is InChI=1S/C21H29N3O2/c25-20(13-15-11-16-3-1-2-4-17(16)12-15)22-19-7-9-24(10-8-19)14-21(26)23-18-5-6-18/h1-4,15,18-19H,5-14H2,(H,22,25)(H,23,26). The Hall–Kier alpha value is -1.88.